The molecular formula is C14H17N3O. The predicted octanol–water partition coefficient (Wildman–Crippen LogP) is 2.66. The third-order valence-electron chi connectivity index (χ3n) is 2.54. The van der Waals surface area contributed by atoms with E-state index in [-0.39, 0.29) is 5.91 Å². The minimum atomic E-state index is -0.0580. The predicted molar refractivity (Wildman–Crippen MR) is 73.5 cm³/mol. The average molecular weight is 243 g/mol. The molecule has 1 aromatic heterocycles. The van der Waals surface area contributed by atoms with Crippen LogP contribution < -0.4 is 5.43 Å². The second-order valence-electron chi connectivity index (χ2n) is 4.70. The zero-order chi connectivity index (χ0) is 13.0. The molecule has 4 heteroatoms. The first-order valence-electron chi connectivity index (χ1n) is 6.05. The Morgan fingerprint density at radius 2 is 2.22 bits per heavy atom. The van der Waals surface area contributed by atoms with Crippen molar-refractivity contribution in [2.75, 3.05) is 0 Å². The Bertz CT molecular complexity index is 536. The molecule has 4 nitrogen and oxygen atoms in total. The van der Waals surface area contributed by atoms with E-state index in [1.165, 1.54) is 0 Å². The van der Waals surface area contributed by atoms with E-state index in [0.717, 1.165) is 16.6 Å². The number of aromatic amines is 1. The van der Waals surface area contributed by atoms with Crippen LogP contribution in [0, 0.1) is 5.92 Å². The molecule has 94 valence electrons. The lowest BCUT2D eigenvalue weighted by Crippen LogP contribution is -2.19. The van der Waals surface area contributed by atoms with Gasteiger partial charge in [0.1, 0.15) is 0 Å². The zero-order valence-electron chi connectivity index (χ0n) is 10.6. The Hall–Kier alpha value is -2.10. The summed E-state index contributed by atoms with van der Waals surface area (Å²) in [6, 6.07) is 9.99. The lowest BCUT2D eigenvalue weighted by molar-refractivity contribution is -0.121. The third kappa shape index (κ3) is 3.20. The Labute approximate surface area is 106 Å². The lowest BCUT2D eigenvalue weighted by atomic mass is 10.1. The van der Waals surface area contributed by atoms with Crippen LogP contribution in [-0.2, 0) is 4.79 Å². The fourth-order valence-corrected chi connectivity index (χ4v) is 1.76. The molecule has 18 heavy (non-hydrogen) atoms. The summed E-state index contributed by atoms with van der Waals surface area (Å²) in [5.74, 6) is 0.283. The number of carbonyl (C=O) groups excluding carboxylic acids is 1. The minimum Gasteiger partial charge on any atom is -0.354 e. The molecule has 1 aromatic carbocycles. The molecule has 0 aliphatic carbocycles. The van der Waals surface area contributed by atoms with E-state index < -0.39 is 0 Å². The smallest absolute Gasteiger partial charge is 0.240 e. The van der Waals surface area contributed by atoms with Crippen molar-refractivity contribution in [2.24, 2.45) is 11.0 Å². The summed E-state index contributed by atoms with van der Waals surface area (Å²) < 4.78 is 0. The summed E-state index contributed by atoms with van der Waals surface area (Å²) in [6.07, 6.45) is 2.11. The summed E-state index contributed by atoms with van der Waals surface area (Å²) >= 11 is 0. The Balaban J connectivity index is 1.98. The standard InChI is InChI=1S/C14H17N3O/c1-10(2)7-14(18)17-15-9-12-8-11-5-3-4-6-13(11)16-12/h3-6,8-10,16H,7H2,1-2H3,(H,17,18). The maximum atomic E-state index is 11.4. The molecule has 0 aliphatic heterocycles. The highest BCUT2D eigenvalue weighted by Crippen LogP contribution is 2.13. The summed E-state index contributed by atoms with van der Waals surface area (Å²) in [6.45, 7) is 4.00. The van der Waals surface area contributed by atoms with Crippen LogP contribution in [0.15, 0.2) is 35.4 Å². The van der Waals surface area contributed by atoms with E-state index in [2.05, 4.69) is 15.5 Å². The number of hydrogen-bond donors (Lipinski definition) is 2. The molecule has 0 spiro atoms. The van der Waals surface area contributed by atoms with Gasteiger partial charge in [-0.05, 0) is 18.1 Å². The number of carbonyl (C=O) groups is 1. The number of hydrazone groups is 1. The van der Waals surface area contributed by atoms with Gasteiger partial charge in [0.25, 0.3) is 0 Å². The monoisotopic (exact) mass is 243 g/mol. The van der Waals surface area contributed by atoms with Gasteiger partial charge in [-0.25, -0.2) is 5.43 Å². The summed E-state index contributed by atoms with van der Waals surface area (Å²) in [5, 5.41) is 5.07. The van der Waals surface area contributed by atoms with E-state index in [4.69, 9.17) is 0 Å². The van der Waals surface area contributed by atoms with Gasteiger partial charge < -0.3 is 4.98 Å². The Morgan fingerprint density at radius 3 is 2.94 bits per heavy atom. The summed E-state index contributed by atoms with van der Waals surface area (Å²) in [5.41, 5.74) is 4.46. The fourth-order valence-electron chi connectivity index (χ4n) is 1.76. The van der Waals surface area contributed by atoms with Crippen molar-refractivity contribution in [2.45, 2.75) is 20.3 Å². The molecule has 2 aromatic rings. The van der Waals surface area contributed by atoms with Crippen molar-refractivity contribution in [1.29, 1.82) is 0 Å². The van der Waals surface area contributed by atoms with Crippen molar-refractivity contribution in [3.05, 3.63) is 36.0 Å². The van der Waals surface area contributed by atoms with E-state index in [1.54, 1.807) is 6.21 Å². The molecule has 1 amide bonds. The molecule has 0 bridgehead atoms. The van der Waals surface area contributed by atoms with Crippen LogP contribution >= 0.6 is 0 Å². The van der Waals surface area contributed by atoms with Crippen LogP contribution in [0.4, 0.5) is 0 Å². The van der Waals surface area contributed by atoms with Crippen molar-refractivity contribution in [3.8, 4) is 0 Å². The normalized spacial score (nSPS) is 11.5. The number of amides is 1. The van der Waals surface area contributed by atoms with Gasteiger partial charge in [-0.3, -0.25) is 4.79 Å². The topological polar surface area (TPSA) is 57.2 Å². The molecule has 0 fully saturated rings. The number of para-hydroxylation sites is 1. The van der Waals surface area contributed by atoms with Gasteiger partial charge in [0.05, 0.1) is 11.9 Å². The molecule has 0 radical (unpaired) electrons. The molecular weight excluding hydrogens is 226 g/mol. The highest BCUT2D eigenvalue weighted by atomic mass is 16.2. The molecule has 0 saturated carbocycles. The molecule has 2 rings (SSSR count). The van der Waals surface area contributed by atoms with Crippen molar-refractivity contribution in [3.63, 3.8) is 0 Å². The van der Waals surface area contributed by atoms with Crippen LogP contribution in [0.2, 0.25) is 0 Å². The second kappa shape index (κ2) is 5.49. The van der Waals surface area contributed by atoms with Gasteiger partial charge >= 0.3 is 0 Å². The van der Waals surface area contributed by atoms with Crippen LogP contribution in [0.25, 0.3) is 10.9 Å². The number of aromatic nitrogens is 1. The number of nitrogens with one attached hydrogen (secondary N) is 2. The van der Waals surface area contributed by atoms with Gasteiger partial charge in [0, 0.05) is 17.3 Å². The summed E-state index contributed by atoms with van der Waals surface area (Å²) in [7, 11) is 0. The molecule has 0 saturated heterocycles. The number of benzene rings is 1. The first-order chi connectivity index (χ1) is 8.65. The molecule has 1 heterocycles. The lowest BCUT2D eigenvalue weighted by Gasteiger charge is -2.01. The first-order valence-corrected chi connectivity index (χ1v) is 6.05. The van der Waals surface area contributed by atoms with Gasteiger partial charge in [-0.1, -0.05) is 32.0 Å². The van der Waals surface area contributed by atoms with Crippen LogP contribution in [0.1, 0.15) is 26.0 Å². The number of H-pyrrole nitrogens is 1. The number of fused-ring (bicyclic) bond motifs is 1. The molecule has 0 aliphatic rings. The second-order valence-corrected chi connectivity index (χ2v) is 4.70. The largest absolute Gasteiger partial charge is 0.354 e. The van der Waals surface area contributed by atoms with E-state index in [9.17, 15) is 4.79 Å². The number of hydrogen-bond acceptors (Lipinski definition) is 2. The molecule has 0 atom stereocenters. The maximum absolute atomic E-state index is 11.4. The van der Waals surface area contributed by atoms with Gasteiger partial charge in [-0.2, -0.15) is 5.10 Å². The maximum Gasteiger partial charge on any atom is 0.240 e. The number of nitrogens with zero attached hydrogens (tertiary/aromatic N) is 1. The van der Waals surface area contributed by atoms with E-state index >= 15 is 0 Å². The zero-order valence-corrected chi connectivity index (χ0v) is 10.6. The highest BCUT2D eigenvalue weighted by molar-refractivity contribution is 5.90. The molecule has 2 N–H and O–H groups in total. The van der Waals surface area contributed by atoms with Gasteiger partial charge in [0.15, 0.2) is 0 Å². The van der Waals surface area contributed by atoms with E-state index in [1.807, 2.05) is 44.2 Å². The number of rotatable bonds is 4. The molecule has 0 unspecified atom stereocenters. The van der Waals surface area contributed by atoms with Crippen LogP contribution in [0.3, 0.4) is 0 Å². The van der Waals surface area contributed by atoms with Crippen LogP contribution in [-0.4, -0.2) is 17.1 Å². The van der Waals surface area contributed by atoms with Crippen LogP contribution in [0.5, 0.6) is 0 Å². The SMILES string of the molecule is CC(C)CC(=O)NN=Cc1cc2ccccc2[nH]1. The van der Waals surface area contributed by atoms with E-state index in [0.29, 0.717) is 12.3 Å². The minimum absolute atomic E-state index is 0.0580. The van der Waals surface area contributed by atoms with Crippen molar-refractivity contribution >= 4 is 23.0 Å². The Morgan fingerprint density at radius 1 is 1.44 bits per heavy atom. The highest BCUT2D eigenvalue weighted by Gasteiger charge is 2.02. The third-order valence-corrected chi connectivity index (χ3v) is 2.54. The van der Waals surface area contributed by atoms with Gasteiger partial charge in [-0.15, -0.1) is 0 Å². The first kappa shape index (κ1) is 12.4. The fraction of sp³-hybridized carbons (Fsp3) is 0.286. The van der Waals surface area contributed by atoms with Gasteiger partial charge in [0.2, 0.25) is 5.91 Å². The Kier molecular flexibility index (Phi) is 3.77. The van der Waals surface area contributed by atoms with Crippen molar-refractivity contribution < 1.29 is 4.79 Å². The van der Waals surface area contributed by atoms with Crippen molar-refractivity contribution in [1.82, 2.24) is 10.4 Å². The summed E-state index contributed by atoms with van der Waals surface area (Å²) in [4.78, 5) is 14.6. The average Bonchev–Trinajstić information content (AvgIpc) is 2.70. The quantitative estimate of drug-likeness (QED) is 0.629.